The predicted molar refractivity (Wildman–Crippen MR) is 64.4 cm³/mol. The fourth-order valence-corrected chi connectivity index (χ4v) is 1.65. The van der Waals surface area contributed by atoms with Gasteiger partial charge in [0.1, 0.15) is 11.8 Å². The van der Waals surface area contributed by atoms with Crippen molar-refractivity contribution in [1.82, 2.24) is 15.6 Å². The van der Waals surface area contributed by atoms with Gasteiger partial charge in [0, 0.05) is 12.6 Å². The maximum Gasteiger partial charge on any atom is 0.270 e. The van der Waals surface area contributed by atoms with Gasteiger partial charge in [-0.15, -0.1) is 0 Å². The van der Waals surface area contributed by atoms with E-state index in [0.29, 0.717) is 6.54 Å². The molecule has 0 aromatic carbocycles. The zero-order valence-electron chi connectivity index (χ0n) is 10.7. The maximum absolute atomic E-state index is 13.7. The number of hydrogen-bond donors (Lipinski definition) is 2. The molecular weight excluding hydrogens is 275 g/mol. The number of ether oxygens (including phenoxy) is 1. The topological polar surface area (TPSA) is 63.2 Å². The molecule has 1 fully saturated rings. The number of pyridine rings is 1. The first-order chi connectivity index (χ1) is 9.47. The molecule has 8 heteroatoms. The molecule has 1 aliphatic heterocycles. The van der Waals surface area contributed by atoms with Crippen LogP contribution in [0.5, 0.6) is 5.75 Å². The lowest BCUT2D eigenvalue weighted by Gasteiger charge is -2.35. The second-order valence-corrected chi connectivity index (χ2v) is 4.44. The molecule has 0 bridgehead atoms. The van der Waals surface area contributed by atoms with Crippen molar-refractivity contribution in [2.75, 3.05) is 13.1 Å². The molecule has 2 rings (SSSR count). The first-order valence-corrected chi connectivity index (χ1v) is 6.10. The fraction of sp³-hybridized carbons (Fsp3) is 0.500. The highest BCUT2D eigenvalue weighted by Gasteiger charge is 2.29. The van der Waals surface area contributed by atoms with Crippen molar-refractivity contribution >= 4 is 5.91 Å². The van der Waals surface area contributed by atoms with Gasteiger partial charge in [-0.3, -0.25) is 4.79 Å². The van der Waals surface area contributed by atoms with Crippen LogP contribution in [-0.2, 0) is 0 Å². The molecule has 0 unspecified atom stereocenters. The minimum absolute atomic E-state index is 0.0613. The highest BCUT2D eigenvalue weighted by atomic mass is 19.3. The van der Waals surface area contributed by atoms with Gasteiger partial charge in [0.25, 0.3) is 18.3 Å². The Morgan fingerprint density at radius 3 is 2.85 bits per heavy atom. The Balaban J connectivity index is 1.99. The van der Waals surface area contributed by atoms with E-state index in [1.54, 1.807) is 0 Å². The Morgan fingerprint density at radius 2 is 2.35 bits per heavy atom. The van der Waals surface area contributed by atoms with Gasteiger partial charge in [0.15, 0.2) is 5.75 Å². The van der Waals surface area contributed by atoms with Gasteiger partial charge >= 0.3 is 0 Å². The molecule has 0 radical (unpaired) electrons. The number of carbonyl (C=O) groups excluding carboxylic acids is 1. The Labute approximate surface area is 113 Å². The van der Waals surface area contributed by atoms with Crippen LogP contribution in [0.2, 0.25) is 0 Å². The highest BCUT2D eigenvalue weighted by Crippen LogP contribution is 2.20. The molecular formula is C12H14F3N3O2. The third-order valence-electron chi connectivity index (χ3n) is 2.94. The van der Waals surface area contributed by atoms with Gasteiger partial charge in [-0.1, -0.05) is 0 Å². The number of rotatable bonds is 5. The third-order valence-corrected chi connectivity index (χ3v) is 2.94. The predicted octanol–water partition coefficient (Wildman–Crippen LogP) is 0.955. The molecule has 20 heavy (non-hydrogen) atoms. The van der Waals surface area contributed by atoms with Gasteiger partial charge in [-0.05, 0) is 19.1 Å². The molecule has 1 aliphatic rings. The zero-order chi connectivity index (χ0) is 14.7. The molecule has 1 amide bonds. The van der Waals surface area contributed by atoms with Crippen LogP contribution < -0.4 is 15.4 Å². The van der Waals surface area contributed by atoms with Crippen molar-refractivity contribution in [3.05, 3.63) is 23.8 Å². The SMILES string of the molecule is C[C@H]1NC[C@@H]1Oc1ccc(C(=O)NCC(F)F)nc1F. The third kappa shape index (κ3) is 3.38. The van der Waals surface area contributed by atoms with E-state index >= 15 is 0 Å². The Bertz CT molecular complexity index is 499. The minimum Gasteiger partial charge on any atom is -0.483 e. The summed E-state index contributed by atoms with van der Waals surface area (Å²) in [6.45, 7) is 1.70. The number of hydrogen-bond acceptors (Lipinski definition) is 4. The molecule has 5 nitrogen and oxygen atoms in total. The second kappa shape index (κ2) is 6.08. The van der Waals surface area contributed by atoms with Crippen LogP contribution in [0.15, 0.2) is 12.1 Å². The van der Waals surface area contributed by atoms with Crippen LogP contribution in [-0.4, -0.2) is 42.6 Å². The van der Waals surface area contributed by atoms with Crippen LogP contribution in [0, 0.1) is 5.95 Å². The summed E-state index contributed by atoms with van der Waals surface area (Å²) in [5, 5.41) is 5.00. The largest absolute Gasteiger partial charge is 0.483 e. The minimum atomic E-state index is -2.67. The van der Waals surface area contributed by atoms with E-state index in [0.717, 1.165) is 0 Å². The standard InChI is InChI=1S/C12H14F3N3O2/c1-6-9(4-16-6)20-8-3-2-7(18-11(8)15)12(19)17-5-10(13)14/h2-3,6,9-10,16H,4-5H2,1H3,(H,17,19)/t6-,9+/m1/s1. The van der Waals surface area contributed by atoms with E-state index in [1.807, 2.05) is 12.2 Å². The number of halogens is 3. The summed E-state index contributed by atoms with van der Waals surface area (Å²) in [5.74, 6) is -1.85. The van der Waals surface area contributed by atoms with Crippen molar-refractivity contribution in [2.45, 2.75) is 25.5 Å². The van der Waals surface area contributed by atoms with Crippen LogP contribution in [0.4, 0.5) is 13.2 Å². The quantitative estimate of drug-likeness (QED) is 0.792. The lowest BCUT2D eigenvalue weighted by molar-refractivity contribution is 0.0864. The van der Waals surface area contributed by atoms with Gasteiger partial charge < -0.3 is 15.4 Å². The normalized spacial score (nSPS) is 21.4. The van der Waals surface area contributed by atoms with Crippen molar-refractivity contribution in [3.63, 3.8) is 0 Å². The summed E-state index contributed by atoms with van der Waals surface area (Å²) in [7, 11) is 0. The van der Waals surface area contributed by atoms with Crippen molar-refractivity contribution in [3.8, 4) is 5.75 Å². The van der Waals surface area contributed by atoms with Crippen LogP contribution >= 0.6 is 0 Å². The monoisotopic (exact) mass is 289 g/mol. The summed E-state index contributed by atoms with van der Waals surface area (Å²) in [6.07, 6.45) is -2.82. The van der Waals surface area contributed by atoms with E-state index in [2.05, 4.69) is 10.3 Å². The van der Waals surface area contributed by atoms with Gasteiger partial charge in [-0.2, -0.15) is 4.39 Å². The smallest absolute Gasteiger partial charge is 0.270 e. The van der Waals surface area contributed by atoms with Gasteiger partial charge in [0.2, 0.25) is 0 Å². The Kier molecular flexibility index (Phi) is 4.43. The molecule has 1 aromatic heterocycles. The molecule has 0 aliphatic carbocycles. The number of aromatic nitrogens is 1. The van der Waals surface area contributed by atoms with E-state index in [1.165, 1.54) is 12.1 Å². The lowest BCUT2D eigenvalue weighted by atomic mass is 10.1. The average molecular weight is 289 g/mol. The fourth-order valence-electron chi connectivity index (χ4n) is 1.65. The van der Waals surface area contributed by atoms with Crippen molar-refractivity contribution in [1.29, 1.82) is 0 Å². The van der Waals surface area contributed by atoms with E-state index < -0.39 is 24.8 Å². The Morgan fingerprint density at radius 1 is 1.60 bits per heavy atom. The highest BCUT2D eigenvalue weighted by molar-refractivity contribution is 5.92. The van der Waals surface area contributed by atoms with Crippen LogP contribution in [0.1, 0.15) is 17.4 Å². The second-order valence-electron chi connectivity index (χ2n) is 4.44. The molecule has 2 heterocycles. The van der Waals surface area contributed by atoms with E-state index in [4.69, 9.17) is 4.74 Å². The maximum atomic E-state index is 13.7. The molecule has 2 atom stereocenters. The van der Waals surface area contributed by atoms with Gasteiger partial charge in [0.05, 0.1) is 6.54 Å². The van der Waals surface area contributed by atoms with Crippen LogP contribution in [0.3, 0.4) is 0 Å². The zero-order valence-corrected chi connectivity index (χ0v) is 10.7. The van der Waals surface area contributed by atoms with Crippen molar-refractivity contribution < 1.29 is 22.7 Å². The Hall–Kier alpha value is -1.83. The summed E-state index contributed by atoms with van der Waals surface area (Å²) >= 11 is 0. The molecule has 110 valence electrons. The van der Waals surface area contributed by atoms with E-state index in [9.17, 15) is 18.0 Å². The summed E-state index contributed by atoms with van der Waals surface area (Å²) in [4.78, 5) is 14.8. The average Bonchev–Trinajstić information content (AvgIpc) is 2.41. The first kappa shape index (κ1) is 14.6. The number of amides is 1. The molecule has 2 N–H and O–H groups in total. The molecule has 1 saturated heterocycles. The molecule has 0 spiro atoms. The van der Waals surface area contributed by atoms with Crippen molar-refractivity contribution in [2.24, 2.45) is 0 Å². The summed E-state index contributed by atoms with van der Waals surface area (Å²) in [6, 6.07) is 2.61. The summed E-state index contributed by atoms with van der Waals surface area (Å²) < 4.78 is 42.9. The molecule has 0 saturated carbocycles. The number of alkyl halides is 2. The summed E-state index contributed by atoms with van der Waals surface area (Å²) in [5.41, 5.74) is -0.268. The number of nitrogens with one attached hydrogen (secondary N) is 2. The lowest BCUT2D eigenvalue weighted by Crippen LogP contribution is -2.58. The van der Waals surface area contributed by atoms with Crippen LogP contribution in [0.25, 0.3) is 0 Å². The first-order valence-electron chi connectivity index (χ1n) is 6.10. The van der Waals surface area contributed by atoms with E-state index in [-0.39, 0.29) is 23.6 Å². The number of nitrogens with zero attached hydrogens (tertiary/aromatic N) is 1. The number of carbonyl (C=O) groups is 1. The van der Waals surface area contributed by atoms with Gasteiger partial charge in [-0.25, -0.2) is 13.8 Å². The molecule has 1 aromatic rings.